The Hall–Kier alpha value is -3.41. The van der Waals surface area contributed by atoms with Crippen molar-refractivity contribution in [3.63, 3.8) is 0 Å². The van der Waals surface area contributed by atoms with Crippen molar-refractivity contribution in [1.29, 1.82) is 0 Å². The Kier molecular flexibility index (Phi) is 5.43. The summed E-state index contributed by atoms with van der Waals surface area (Å²) in [6, 6.07) is 14.8. The molecule has 26 heavy (non-hydrogen) atoms. The molecule has 0 saturated heterocycles. The smallest absolute Gasteiger partial charge is 0.321 e. The van der Waals surface area contributed by atoms with E-state index < -0.39 is 0 Å². The minimum Gasteiger partial charge on any atom is -0.496 e. The number of hydrogen-bond donors (Lipinski definition) is 1. The van der Waals surface area contributed by atoms with E-state index in [4.69, 9.17) is 9.47 Å². The molecule has 1 N–H and O–H groups in total. The fraction of sp³-hybridized carbons (Fsp3) is 0.150. The van der Waals surface area contributed by atoms with E-state index in [1.165, 1.54) is 0 Å². The molecule has 6 nitrogen and oxygen atoms in total. The maximum absolute atomic E-state index is 12.2. The third-order valence-electron chi connectivity index (χ3n) is 3.73. The first kappa shape index (κ1) is 17.4. The van der Waals surface area contributed by atoms with Gasteiger partial charge in [0.15, 0.2) is 0 Å². The average molecular weight is 349 g/mol. The lowest BCUT2D eigenvalue weighted by Gasteiger charge is -2.09. The molecule has 132 valence electrons. The number of benzene rings is 2. The Morgan fingerprint density at radius 3 is 2.50 bits per heavy atom. The van der Waals surface area contributed by atoms with Crippen LogP contribution in [0.25, 0.3) is 0 Å². The van der Waals surface area contributed by atoms with Crippen molar-refractivity contribution in [2.45, 2.75) is 13.3 Å². The first-order valence-corrected chi connectivity index (χ1v) is 8.12. The lowest BCUT2D eigenvalue weighted by molar-refractivity contribution is -0.115. The lowest BCUT2D eigenvalue weighted by atomic mass is 10.1. The van der Waals surface area contributed by atoms with Crippen LogP contribution in [0.5, 0.6) is 17.5 Å². The second-order valence-electron chi connectivity index (χ2n) is 5.69. The highest BCUT2D eigenvalue weighted by Crippen LogP contribution is 2.21. The van der Waals surface area contributed by atoms with Gasteiger partial charge in [-0.15, -0.1) is 0 Å². The molecule has 1 heterocycles. The van der Waals surface area contributed by atoms with E-state index in [2.05, 4.69) is 15.3 Å². The summed E-state index contributed by atoms with van der Waals surface area (Å²) in [5, 5.41) is 2.87. The van der Waals surface area contributed by atoms with Crippen LogP contribution < -0.4 is 14.8 Å². The molecule has 0 radical (unpaired) electrons. The number of anilines is 1. The number of nitrogens with one attached hydrogen (secondary N) is 1. The molecule has 0 saturated carbocycles. The van der Waals surface area contributed by atoms with Crippen molar-refractivity contribution in [1.82, 2.24) is 9.97 Å². The molecule has 0 atom stereocenters. The van der Waals surface area contributed by atoms with Crippen LogP contribution in [0.4, 0.5) is 5.69 Å². The van der Waals surface area contributed by atoms with Gasteiger partial charge >= 0.3 is 6.01 Å². The van der Waals surface area contributed by atoms with E-state index in [0.717, 1.165) is 16.9 Å². The number of rotatable bonds is 6. The summed E-state index contributed by atoms with van der Waals surface area (Å²) in [7, 11) is 1.62. The summed E-state index contributed by atoms with van der Waals surface area (Å²) in [6.45, 7) is 1.97. The van der Waals surface area contributed by atoms with E-state index in [1.807, 2.05) is 25.1 Å². The molecule has 0 unspecified atom stereocenters. The van der Waals surface area contributed by atoms with Gasteiger partial charge in [0.2, 0.25) is 5.91 Å². The number of nitrogens with zero attached hydrogens (tertiary/aromatic N) is 2. The SMILES string of the molecule is COc1cc(CC(=O)Nc2ccc(Oc3ncccn3)cc2)ccc1C. The Balaban J connectivity index is 1.59. The van der Waals surface area contributed by atoms with Gasteiger partial charge in [0.25, 0.3) is 0 Å². The molecule has 3 aromatic rings. The van der Waals surface area contributed by atoms with Gasteiger partial charge in [0.1, 0.15) is 11.5 Å². The number of amides is 1. The van der Waals surface area contributed by atoms with Crippen molar-refractivity contribution in [2.75, 3.05) is 12.4 Å². The first-order chi connectivity index (χ1) is 12.6. The van der Waals surface area contributed by atoms with Crippen molar-refractivity contribution in [3.05, 3.63) is 72.1 Å². The van der Waals surface area contributed by atoms with Crippen LogP contribution in [0.15, 0.2) is 60.9 Å². The van der Waals surface area contributed by atoms with E-state index in [9.17, 15) is 4.79 Å². The van der Waals surface area contributed by atoms with Crippen LogP contribution in [-0.2, 0) is 11.2 Å². The molecular formula is C20H19N3O3. The van der Waals surface area contributed by atoms with Gasteiger partial charge in [-0.2, -0.15) is 0 Å². The molecule has 0 fully saturated rings. The van der Waals surface area contributed by atoms with Crippen LogP contribution in [0.1, 0.15) is 11.1 Å². The molecule has 1 amide bonds. The maximum Gasteiger partial charge on any atom is 0.321 e. The number of methoxy groups -OCH3 is 1. The number of carbonyl (C=O) groups is 1. The molecule has 3 rings (SSSR count). The zero-order chi connectivity index (χ0) is 18.4. The molecule has 0 aliphatic carbocycles. The highest BCUT2D eigenvalue weighted by molar-refractivity contribution is 5.92. The second-order valence-corrected chi connectivity index (χ2v) is 5.69. The van der Waals surface area contributed by atoms with Gasteiger partial charge < -0.3 is 14.8 Å². The van der Waals surface area contributed by atoms with Crippen LogP contribution in [-0.4, -0.2) is 23.0 Å². The monoisotopic (exact) mass is 349 g/mol. The predicted octanol–water partition coefficient (Wildman–Crippen LogP) is 3.77. The highest BCUT2D eigenvalue weighted by atomic mass is 16.5. The van der Waals surface area contributed by atoms with Gasteiger partial charge in [-0.25, -0.2) is 9.97 Å². The molecule has 0 aliphatic heterocycles. The zero-order valence-corrected chi connectivity index (χ0v) is 14.6. The Labute approximate surface area is 151 Å². The van der Waals surface area contributed by atoms with Gasteiger partial charge in [-0.05, 0) is 54.4 Å². The molecule has 2 aromatic carbocycles. The number of hydrogen-bond acceptors (Lipinski definition) is 5. The van der Waals surface area contributed by atoms with Crippen molar-refractivity contribution in [3.8, 4) is 17.5 Å². The summed E-state index contributed by atoms with van der Waals surface area (Å²) in [5.41, 5.74) is 2.62. The van der Waals surface area contributed by atoms with Gasteiger partial charge in [0.05, 0.1) is 13.5 Å². The number of aromatic nitrogens is 2. The fourth-order valence-corrected chi connectivity index (χ4v) is 2.41. The Bertz CT molecular complexity index is 881. The summed E-state index contributed by atoms with van der Waals surface area (Å²) in [4.78, 5) is 20.2. The normalized spacial score (nSPS) is 10.2. The lowest BCUT2D eigenvalue weighted by Crippen LogP contribution is -2.14. The molecular weight excluding hydrogens is 330 g/mol. The molecule has 1 aromatic heterocycles. The maximum atomic E-state index is 12.2. The van der Waals surface area contributed by atoms with E-state index >= 15 is 0 Å². The van der Waals surface area contributed by atoms with Crippen LogP contribution >= 0.6 is 0 Å². The van der Waals surface area contributed by atoms with Crippen LogP contribution in [0.3, 0.4) is 0 Å². The Morgan fingerprint density at radius 1 is 1.08 bits per heavy atom. The number of ether oxygens (including phenoxy) is 2. The van der Waals surface area contributed by atoms with Crippen molar-refractivity contribution < 1.29 is 14.3 Å². The standard InChI is InChI=1S/C20H19N3O3/c1-14-4-5-15(12-18(14)25-2)13-19(24)23-16-6-8-17(9-7-16)26-20-21-10-3-11-22-20/h3-12H,13H2,1-2H3,(H,23,24). The first-order valence-electron chi connectivity index (χ1n) is 8.12. The third-order valence-corrected chi connectivity index (χ3v) is 3.73. The van der Waals surface area contributed by atoms with E-state index in [-0.39, 0.29) is 18.3 Å². The third kappa shape index (κ3) is 4.57. The summed E-state index contributed by atoms with van der Waals surface area (Å²) >= 11 is 0. The molecule has 0 aliphatic rings. The topological polar surface area (TPSA) is 73.3 Å². The zero-order valence-electron chi connectivity index (χ0n) is 14.6. The summed E-state index contributed by atoms with van der Waals surface area (Å²) in [6.07, 6.45) is 3.49. The summed E-state index contributed by atoms with van der Waals surface area (Å²) < 4.78 is 10.8. The van der Waals surface area contributed by atoms with Crippen molar-refractivity contribution in [2.24, 2.45) is 0 Å². The highest BCUT2D eigenvalue weighted by Gasteiger charge is 2.07. The predicted molar refractivity (Wildman–Crippen MR) is 98.6 cm³/mol. The van der Waals surface area contributed by atoms with Crippen molar-refractivity contribution >= 4 is 11.6 Å². The number of carbonyl (C=O) groups excluding carboxylic acids is 1. The molecule has 0 spiro atoms. The fourth-order valence-electron chi connectivity index (χ4n) is 2.41. The van der Waals surface area contributed by atoms with E-state index in [1.54, 1.807) is 49.8 Å². The van der Waals surface area contributed by atoms with E-state index in [0.29, 0.717) is 11.4 Å². The minimum absolute atomic E-state index is 0.101. The van der Waals surface area contributed by atoms with Gasteiger partial charge in [-0.3, -0.25) is 4.79 Å². The minimum atomic E-state index is -0.101. The van der Waals surface area contributed by atoms with Crippen LogP contribution in [0.2, 0.25) is 0 Å². The number of aryl methyl sites for hydroxylation is 1. The molecule has 0 bridgehead atoms. The molecule has 6 heteroatoms. The summed E-state index contributed by atoms with van der Waals surface area (Å²) in [5.74, 6) is 1.27. The second kappa shape index (κ2) is 8.11. The average Bonchev–Trinajstić information content (AvgIpc) is 2.66. The quantitative estimate of drug-likeness (QED) is 0.733. The van der Waals surface area contributed by atoms with Gasteiger partial charge in [0, 0.05) is 18.1 Å². The van der Waals surface area contributed by atoms with Gasteiger partial charge in [-0.1, -0.05) is 12.1 Å². The Morgan fingerprint density at radius 2 is 1.81 bits per heavy atom. The van der Waals surface area contributed by atoms with Crippen LogP contribution in [0, 0.1) is 6.92 Å². The largest absolute Gasteiger partial charge is 0.496 e.